The van der Waals surface area contributed by atoms with Crippen LogP contribution in [0.25, 0.3) is 0 Å². The summed E-state index contributed by atoms with van der Waals surface area (Å²) >= 11 is 0. The number of carboxylic acids is 1. The molecule has 0 aromatic heterocycles. The molecule has 114 valence electrons. The topological polar surface area (TPSA) is 54.4 Å². The summed E-state index contributed by atoms with van der Waals surface area (Å²) in [5.74, 6) is -1.23. The molecule has 3 nitrogen and oxygen atoms in total. The van der Waals surface area contributed by atoms with E-state index in [1.807, 2.05) is 0 Å². The summed E-state index contributed by atoms with van der Waals surface area (Å²) < 4.78 is 38.0. The highest BCUT2D eigenvalue weighted by Gasteiger charge is 2.30. The largest absolute Gasteiger partial charge is 0.478 e. The third kappa shape index (κ3) is 3.52. The van der Waals surface area contributed by atoms with E-state index in [0.29, 0.717) is 17.4 Å². The van der Waals surface area contributed by atoms with Gasteiger partial charge in [0.15, 0.2) is 0 Å². The molecule has 0 aliphatic heterocycles. The van der Waals surface area contributed by atoms with E-state index in [1.165, 1.54) is 30.3 Å². The van der Waals surface area contributed by atoms with Gasteiger partial charge in [0, 0.05) is 5.56 Å². The standard InChI is InChI=1S/C16H11F3O3/c17-16(18,19)13-3-1-2-10(7-13)6-12-5-4-11(9-20)8-14(12)15(21)22/h1-5,7-9H,6H2,(H,21,22). The first-order valence-electron chi connectivity index (χ1n) is 6.29. The molecule has 0 radical (unpaired) electrons. The molecule has 0 fully saturated rings. The molecule has 0 atom stereocenters. The quantitative estimate of drug-likeness (QED) is 0.874. The Morgan fingerprint density at radius 1 is 1.14 bits per heavy atom. The minimum Gasteiger partial charge on any atom is -0.478 e. The van der Waals surface area contributed by atoms with Gasteiger partial charge in [-0.25, -0.2) is 4.79 Å². The van der Waals surface area contributed by atoms with Crippen LogP contribution in [-0.4, -0.2) is 17.4 Å². The average molecular weight is 308 g/mol. The Morgan fingerprint density at radius 3 is 2.45 bits per heavy atom. The summed E-state index contributed by atoms with van der Waals surface area (Å²) in [6.07, 6.45) is -3.90. The predicted molar refractivity (Wildman–Crippen MR) is 73.0 cm³/mol. The van der Waals surface area contributed by atoms with E-state index in [4.69, 9.17) is 5.11 Å². The SMILES string of the molecule is O=Cc1ccc(Cc2cccc(C(F)(F)F)c2)c(C(=O)O)c1. The molecule has 0 aliphatic rings. The predicted octanol–water partition coefficient (Wildman–Crippen LogP) is 3.81. The van der Waals surface area contributed by atoms with Gasteiger partial charge in [0.1, 0.15) is 6.29 Å². The molecule has 0 amide bonds. The molecule has 2 rings (SSSR count). The lowest BCUT2D eigenvalue weighted by Gasteiger charge is -2.10. The highest BCUT2D eigenvalue weighted by atomic mass is 19.4. The lowest BCUT2D eigenvalue weighted by Crippen LogP contribution is -2.07. The molecule has 0 bridgehead atoms. The van der Waals surface area contributed by atoms with Crippen LogP contribution < -0.4 is 0 Å². The minimum absolute atomic E-state index is 0.0324. The highest BCUT2D eigenvalue weighted by Crippen LogP contribution is 2.30. The molecule has 0 saturated carbocycles. The number of carbonyl (C=O) groups is 2. The zero-order valence-electron chi connectivity index (χ0n) is 11.2. The van der Waals surface area contributed by atoms with Gasteiger partial charge < -0.3 is 5.11 Å². The van der Waals surface area contributed by atoms with Crippen LogP contribution >= 0.6 is 0 Å². The third-order valence-corrected chi connectivity index (χ3v) is 3.15. The van der Waals surface area contributed by atoms with Crippen LogP contribution in [0.4, 0.5) is 13.2 Å². The molecule has 2 aromatic carbocycles. The molecule has 6 heteroatoms. The van der Waals surface area contributed by atoms with E-state index >= 15 is 0 Å². The van der Waals surface area contributed by atoms with Crippen LogP contribution in [0.3, 0.4) is 0 Å². The van der Waals surface area contributed by atoms with Crippen molar-refractivity contribution in [3.8, 4) is 0 Å². The van der Waals surface area contributed by atoms with Gasteiger partial charge in [-0.3, -0.25) is 4.79 Å². The summed E-state index contributed by atoms with van der Waals surface area (Å²) in [5.41, 5.74) is 0.00666. The monoisotopic (exact) mass is 308 g/mol. The normalized spacial score (nSPS) is 11.2. The van der Waals surface area contributed by atoms with Gasteiger partial charge in [0.2, 0.25) is 0 Å². The van der Waals surface area contributed by atoms with E-state index in [9.17, 15) is 22.8 Å². The molecular weight excluding hydrogens is 297 g/mol. The molecule has 22 heavy (non-hydrogen) atoms. The first-order chi connectivity index (χ1) is 10.3. The fraction of sp³-hybridized carbons (Fsp3) is 0.125. The number of hydrogen-bond donors (Lipinski definition) is 1. The summed E-state index contributed by atoms with van der Waals surface area (Å²) in [4.78, 5) is 21.9. The summed E-state index contributed by atoms with van der Waals surface area (Å²) in [6, 6.07) is 8.79. The second-order valence-corrected chi connectivity index (χ2v) is 4.71. The maximum Gasteiger partial charge on any atom is 0.416 e. The maximum absolute atomic E-state index is 12.7. The number of halogens is 3. The molecule has 2 aromatic rings. The number of benzene rings is 2. The molecular formula is C16H11F3O3. The van der Waals surface area contributed by atoms with Crippen molar-refractivity contribution in [2.45, 2.75) is 12.6 Å². The number of rotatable bonds is 4. The van der Waals surface area contributed by atoms with Gasteiger partial charge in [-0.1, -0.05) is 30.3 Å². The maximum atomic E-state index is 12.7. The first-order valence-corrected chi connectivity index (χ1v) is 6.29. The van der Waals surface area contributed by atoms with Crippen molar-refractivity contribution in [3.63, 3.8) is 0 Å². The summed E-state index contributed by atoms with van der Waals surface area (Å²) in [6.45, 7) is 0. The molecule has 0 spiro atoms. The van der Waals surface area contributed by atoms with Crippen molar-refractivity contribution in [1.82, 2.24) is 0 Å². The van der Waals surface area contributed by atoms with Crippen molar-refractivity contribution in [3.05, 3.63) is 70.3 Å². The Balaban J connectivity index is 2.39. The Morgan fingerprint density at radius 2 is 1.86 bits per heavy atom. The third-order valence-electron chi connectivity index (χ3n) is 3.15. The number of carbonyl (C=O) groups excluding carboxylic acids is 1. The van der Waals surface area contributed by atoms with E-state index in [1.54, 1.807) is 0 Å². The van der Waals surface area contributed by atoms with Crippen molar-refractivity contribution in [2.75, 3.05) is 0 Å². The van der Waals surface area contributed by atoms with Crippen molar-refractivity contribution >= 4 is 12.3 Å². The highest BCUT2D eigenvalue weighted by molar-refractivity contribution is 5.92. The van der Waals surface area contributed by atoms with Crippen LogP contribution in [0.2, 0.25) is 0 Å². The van der Waals surface area contributed by atoms with Crippen LogP contribution in [0.1, 0.15) is 37.4 Å². The van der Waals surface area contributed by atoms with Crippen molar-refractivity contribution < 1.29 is 27.9 Å². The summed E-state index contributed by atoms with van der Waals surface area (Å²) in [5, 5.41) is 9.15. The molecule has 1 N–H and O–H groups in total. The molecule has 0 aliphatic carbocycles. The van der Waals surface area contributed by atoms with Crippen molar-refractivity contribution in [2.24, 2.45) is 0 Å². The Kier molecular flexibility index (Phi) is 4.30. The van der Waals surface area contributed by atoms with Gasteiger partial charge >= 0.3 is 12.1 Å². The lowest BCUT2D eigenvalue weighted by molar-refractivity contribution is -0.137. The fourth-order valence-corrected chi connectivity index (χ4v) is 2.10. The average Bonchev–Trinajstić information content (AvgIpc) is 2.47. The molecule has 0 saturated heterocycles. The number of aldehydes is 1. The van der Waals surface area contributed by atoms with Crippen LogP contribution in [0.5, 0.6) is 0 Å². The Bertz CT molecular complexity index is 721. The van der Waals surface area contributed by atoms with E-state index in [0.717, 1.165) is 12.1 Å². The molecule has 0 heterocycles. The lowest BCUT2D eigenvalue weighted by atomic mass is 9.97. The van der Waals surface area contributed by atoms with E-state index in [2.05, 4.69) is 0 Å². The number of aromatic carboxylic acids is 1. The molecule has 0 unspecified atom stereocenters. The number of alkyl halides is 3. The minimum atomic E-state index is -4.45. The Labute approximate surface area is 124 Å². The van der Waals surface area contributed by atoms with Gasteiger partial charge in [0.25, 0.3) is 0 Å². The first kappa shape index (κ1) is 15.8. The van der Waals surface area contributed by atoms with Gasteiger partial charge in [0.05, 0.1) is 11.1 Å². The Hall–Kier alpha value is -2.63. The van der Waals surface area contributed by atoms with Crippen LogP contribution in [0.15, 0.2) is 42.5 Å². The van der Waals surface area contributed by atoms with E-state index < -0.39 is 17.7 Å². The fourth-order valence-electron chi connectivity index (χ4n) is 2.10. The smallest absolute Gasteiger partial charge is 0.416 e. The second-order valence-electron chi connectivity index (χ2n) is 4.71. The number of carboxylic acid groups (broad SMARTS) is 1. The zero-order chi connectivity index (χ0) is 16.3. The van der Waals surface area contributed by atoms with E-state index in [-0.39, 0.29) is 17.5 Å². The van der Waals surface area contributed by atoms with Gasteiger partial charge in [-0.05, 0) is 29.7 Å². The van der Waals surface area contributed by atoms with Crippen LogP contribution in [0, 0.1) is 0 Å². The summed E-state index contributed by atoms with van der Waals surface area (Å²) in [7, 11) is 0. The van der Waals surface area contributed by atoms with Crippen LogP contribution in [-0.2, 0) is 12.6 Å². The van der Waals surface area contributed by atoms with Gasteiger partial charge in [-0.15, -0.1) is 0 Å². The van der Waals surface area contributed by atoms with Gasteiger partial charge in [-0.2, -0.15) is 13.2 Å². The zero-order valence-corrected chi connectivity index (χ0v) is 11.2. The van der Waals surface area contributed by atoms with Crippen molar-refractivity contribution in [1.29, 1.82) is 0 Å². The number of hydrogen-bond acceptors (Lipinski definition) is 2. The second kappa shape index (κ2) is 6.01.